The molecule has 2 fully saturated rings. The van der Waals surface area contributed by atoms with Crippen molar-refractivity contribution in [2.24, 2.45) is 5.92 Å². The molecule has 0 aromatic rings. The third-order valence-corrected chi connectivity index (χ3v) is 4.13. The Labute approximate surface area is 111 Å². The highest BCUT2D eigenvalue weighted by Crippen LogP contribution is 2.27. The molecule has 2 atom stereocenters. The van der Waals surface area contributed by atoms with Crippen LogP contribution in [0, 0.1) is 17.2 Å². The number of ether oxygens (including phenoxy) is 1. The molecule has 0 spiro atoms. The van der Waals surface area contributed by atoms with Crippen molar-refractivity contribution in [2.45, 2.75) is 76.5 Å². The second-order valence-electron chi connectivity index (χ2n) is 6.36. The van der Waals surface area contributed by atoms with Gasteiger partial charge < -0.3 is 4.74 Å². The number of hydrogen-bond acceptors (Lipinski definition) is 3. The topological polar surface area (TPSA) is 45.0 Å². The first-order valence-electron chi connectivity index (χ1n) is 7.42. The minimum Gasteiger partial charge on any atom is -0.378 e. The van der Waals surface area contributed by atoms with Gasteiger partial charge in [-0.15, -0.1) is 0 Å². The highest BCUT2D eigenvalue weighted by atomic mass is 16.5. The van der Waals surface area contributed by atoms with Gasteiger partial charge in [0.15, 0.2) is 0 Å². The lowest BCUT2D eigenvalue weighted by Gasteiger charge is -2.27. The molecule has 0 aromatic heterocycles. The molecule has 2 unspecified atom stereocenters. The third-order valence-electron chi connectivity index (χ3n) is 4.13. The van der Waals surface area contributed by atoms with Crippen molar-refractivity contribution in [2.75, 3.05) is 6.61 Å². The third kappa shape index (κ3) is 4.26. The lowest BCUT2D eigenvalue weighted by Crippen LogP contribution is -2.45. The molecule has 1 N–H and O–H groups in total. The SMILES string of the molecule is CC(CC(C)(C#N)NC1CC1)OCC1CCCC1. The van der Waals surface area contributed by atoms with E-state index < -0.39 is 5.54 Å². The zero-order chi connectivity index (χ0) is 13.0. The summed E-state index contributed by atoms with van der Waals surface area (Å²) in [6, 6.07) is 2.98. The number of nitriles is 1. The first kappa shape index (κ1) is 13.8. The van der Waals surface area contributed by atoms with E-state index in [1.807, 2.05) is 6.92 Å². The van der Waals surface area contributed by atoms with Gasteiger partial charge in [0.05, 0.1) is 12.2 Å². The first-order valence-corrected chi connectivity index (χ1v) is 7.42. The van der Waals surface area contributed by atoms with Crippen molar-refractivity contribution in [3.05, 3.63) is 0 Å². The normalized spacial score (nSPS) is 25.6. The summed E-state index contributed by atoms with van der Waals surface area (Å²) in [6.07, 6.45) is 8.76. The van der Waals surface area contributed by atoms with Crippen LogP contribution in [-0.2, 0) is 4.74 Å². The fourth-order valence-electron chi connectivity index (χ4n) is 2.93. The highest BCUT2D eigenvalue weighted by molar-refractivity contribution is 5.07. The fourth-order valence-corrected chi connectivity index (χ4v) is 2.93. The summed E-state index contributed by atoms with van der Waals surface area (Å²) in [7, 11) is 0. The summed E-state index contributed by atoms with van der Waals surface area (Å²) in [4.78, 5) is 0. The van der Waals surface area contributed by atoms with Crippen LogP contribution in [0.25, 0.3) is 0 Å². The van der Waals surface area contributed by atoms with Crippen molar-refractivity contribution in [3.8, 4) is 6.07 Å². The molecule has 0 heterocycles. The molecule has 102 valence electrons. The van der Waals surface area contributed by atoms with Gasteiger partial charge in [0.1, 0.15) is 5.54 Å². The van der Waals surface area contributed by atoms with Gasteiger partial charge in [-0.1, -0.05) is 12.8 Å². The zero-order valence-electron chi connectivity index (χ0n) is 11.7. The Balaban J connectivity index is 1.70. The molecule has 2 saturated carbocycles. The van der Waals surface area contributed by atoms with Crippen LogP contribution in [0.2, 0.25) is 0 Å². The Morgan fingerprint density at radius 2 is 2.00 bits per heavy atom. The molecule has 18 heavy (non-hydrogen) atoms. The molecular weight excluding hydrogens is 224 g/mol. The Morgan fingerprint density at radius 1 is 1.33 bits per heavy atom. The van der Waals surface area contributed by atoms with E-state index >= 15 is 0 Å². The Hall–Kier alpha value is -0.590. The van der Waals surface area contributed by atoms with E-state index in [2.05, 4.69) is 18.3 Å². The summed E-state index contributed by atoms with van der Waals surface area (Å²) in [5.74, 6) is 0.761. The molecule has 2 aliphatic rings. The van der Waals surface area contributed by atoms with Crippen molar-refractivity contribution < 1.29 is 4.74 Å². The van der Waals surface area contributed by atoms with Crippen molar-refractivity contribution in [1.82, 2.24) is 5.32 Å². The predicted molar refractivity (Wildman–Crippen MR) is 72.2 cm³/mol. The molecular formula is C15H26N2O. The highest BCUT2D eigenvalue weighted by Gasteiger charge is 2.34. The van der Waals surface area contributed by atoms with Gasteiger partial charge in [-0.3, -0.25) is 5.32 Å². The van der Waals surface area contributed by atoms with Gasteiger partial charge in [0.25, 0.3) is 0 Å². The van der Waals surface area contributed by atoms with Crippen LogP contribution >= 0.6 is 0 Å². The molecule has 0 aliphatic heterocycles. The molecule has 2 aliphatic carbocycles. The van der Waals surface area contributed by atoms with Gasteiger partial charge in [-0.25, -0.2) is 0 Å². The molecule has 0 aromatic carbocycles. The largest absolute Gasteiger partial charge is 0.378 e. The first-order chi connectivity index (χ1) is 8.61. The number of rotatable bonds is 7. The smallest absolute Gasteiger partial charge is 0.106 e. The maximum atomic E-state index is 9.32. The van der Waals surface area contributed by atoms with Crippen molar-refractivity contribution in [1.29, 1.82) is 5.26 Å². The van der Waals surface area contributed by atoms with Crippen LogP contribution in [0.5, 0.6) is 0 Å². The summed E-state index contributed by atoms with van der Waals surface area (Å²) in [5, 5.41) is 12.8. The summed E-state index contributed by atoms with van der Waals surface area (Å²) in [5.41, 5.74) is -0.420. The molecule has 3 nitrogen and oxygen atoms in total. The summed E-state index contributed by atoms with van der Waals surface area (Å²) < 4.78 is 5.93. The van der Waals surface area contributed by atoms with Gasteiger partial charge in [-0.2, -0.15) is 5.26 Å². The molecule has 0 amide bonds. The molecule has 3 heteroatoms. The Bertz CT molecular complexity index is 302. The standard InChI is InChI=1S/C15H26N2O/c1-12(18-10-13-5-3-4-6-13)9-15(2,11-16)17-14-7-8-14/h12-14,17H,3-10H2,1-2H3. The minimum absolute atomic E-state index is 0.168. The van der Waals surface area contributed by atoms with Crippen LogP contribution in [-0.4, -0.2) is 24.3 Å². The van der Waals surface area contributed by atoms with E-state index in [0.717, 1.165) is 18.9 Å². The minimum atomic E-state index is -0.420. The number of hydrogen-bond donors (Lipinski definition) is 1. The van der Waals surface area contributed by atoms with Crippen molar-refractivity contribution >= 4 is 0 Å². The van der Waals surface area contributed by atoms with Crippen LogP contribution in [0.1, 0.15) is 58.8 Å². The average Bonchev–Trinajstić information content (AvgIpc) is 2.98. The molecule has 0 radical (unpaired) electrons. The van der Waals surface area contributed by atoms with Crippen LogP contribution in [0.15, 0.2) is 0 Å². The lowest BCUT2D eigenvalue weighted by molar-refractivity contribution is 0.0260. The second kappa shape index (κ2) is 6.04. The lowest BCUT2D eigenvalue weighted by atomic mass is 9.96. The maximum Gasteiger partial charge on any atom is 0.106 e. The van der Waals surface area contributed by atoms with Gasteiger partial charge in [-0.05, 0) is 45.4 Å². The predicted octanol–water partition coefficient (Wildman–Crippen LogP) is 3.01. The molecule has 0 saturated heterocycles. The fraction of sp³-hybridized carbons (Fsp3) is 0.933. The van der Waals surface area contributed by atoms with Crippen molar-refractivity contribution in [3.63, 3.8) is 0 Å². The summed E-state index contributed by atoms with van der Waals surface area (Å²) in [6.45, 7) is 4.98. The average molecular weight is 250 g/mol. The number of nitrogens with zero attached hydrogens (tertiary/aromatic N) is 1. The Kier molecular flexibility index (Phi) is 4.64. The monoisotopic (exact) mass is 250 g/mol. The molecule has 2 rings (SSSR count). The molecule has 0 bridgehead atoms. The zero-order valence-corrected chi connectivity index (χ0v) is 11.7. The van der Waals surface area contributed by atoms with Crippen LogP contribution in [0.3, 0.4) is 0 Å². The van der Waals surface area contributed by atoms with Crippen LogP contribution < -0.4 is 5.32 Å². The quantitative estimate of drug-likeness (QED) is 0.755. The van der Waals surface area contributed by atoms with Crippen LogP contribution in [0.4, 0.5) is 0 Å². The van der Waals surface area contributed by atoms with E-state index in [1.165, 1.54) is 38.5 Å². The summed E-state index contributed by atoms with van der Waals surface area (Å²) >= 11 is 0. The number of nitrogens with one attached hydrogen (secondary N) is 1. The van der Waals surface area contributed by atoms with E-state index in [1.54, 1.807) is 0 Å². The van der Waals surface area contributed by atoms with E-state index in [0.29, 0.717) is 6.04 Å². The Morgan fingerprint density at radius 3 is 2.56 bits per heavy atom. The van der Waals surface area contributed by atoms with Gasteiger partial charge in [0.2, 0.25) is 0 Å². The maximum absolute atomic E-state index is 9.32. The van der Waals surface area contributed by atoms with E-state index in [9.17, 15) is 5.26 Å². The van der Waals surface area contributed by atoms with Gasteiger partial charge >= 0.3 is 0 Å². The van der Waals surface area contributed by atoms with E-state index in [-0.39, 0.29) is 6.10 Å². The van der Waals surface area contributed by atoms with Gasteiger partial charge in [0, 0.05) is 19.1 Å². The second-order valence-corrected chi connectivity index (χ2v) is 6.36. The van der Waals surface area contributed by atoms with E-state index in [4.69, 9.17) is 4.74 Å².